The molecule has 0 aliphatic heterocycles. The monoisotopic (exact) mass is 544 g/mol. The Hall–Kier alpha value is -2.69. The molecule has 0 unspecified atom stereocenters. The maximum atomic E-state index is 13.5. The van der Waals surface area contributed by atoms with Gasteiger partial charge in [-0.3, -0.25) is 4.79 Å². The molecule has 1 amide bonds. The number of fused-ring (bicyclic) bond motifs is 2. The molecule has 7 heteroatoms. The summed E-state index contributed by atoms with van der Waals surface area (Å²) in [5.41, 5.74) is 7.41. The molecule has 38 heavy (non-hydrogen) atoms. The molecule has 3 heterocycles. The van der Waals surface area contributed by atoms with Gasteiger partial charge in [-0.05, 0) is 95.2 Å². The topological polar surface area (TPSA) is 70.2 Å². The average molecular weight is 545 g/mol. The summed E-state index contributed by atoms with van der Waals surface area (Å²) in [4.78, 5) is 21.2. The molecule has 3 aromatic heterocycles. The van der Waals surface area contributed by atoms with Crippen molar-refractivity contribution in [3.8, 4) is 11.1 Å². The predicted octanol–water partition coefficient (Wildman–Crippen LogP) is 7.66. The van der Waals surface area contributed by atoms with Crippen molar-refractivity contribution in [1.82, 2.24) is 9.88 Å². The van der Waals surface area contributed by atoms with E-state index in [0.29, 0.717) is 0 Å². The van der Waals surface area contributed by atoms with E-state index in [9.17, 15) is 10.1 Å². The van der Waals surface area contributed by atoms with Crippen molar-refractivity contribution in [3.05, 3.63) is 55.0 Å². The van der Waals surface area contributed by atoms with Crippen molar-refractivity contribution in [3.63, 3.8) is 0 Å². The molecule has 198 valence electrons. The number of nitrogens with one attached hydrogen (secondary N) is 1. The Kier molecular flexibility index (Phi) is 7.29. The molecule has 5 nitrogen and oxygen atoms in total. The molecule has 1 fully saturated rings. The van der Waals surface area contributed by atoms with Gasteiger partial charge in [0.2, 0.25) is 0 Å². The number of aryl methyl sites for hydroxylation is 3. The fourth-order valence-corrected chi connectivity index (χ4v) is 9.25. The summed E-state index contributed by atoms with van der Waals surface area (Å²) >= 11 is 3.48. The standard InChI is InChI=1S/C31H36N4OS2/c1-19-16-21(20(2)35(19)31-25(17-32)23-12-6-8-14-26(23)38-31)18-33-30-28(24-13-7-9-15-27(24)37-30)29(36)34-22-10-4-3-5-11-22/h16,18,22H,3-15H2,1-2H3,(H,34,36). The molecule has 1 saturated carbocycles. The minimum absolute atomic E-state index is 0.0664. The normalized spacial score (nSPS) is 17.8. The largest absolute Gasteiger partial charge is 0.349 e. The van der Waals surface area contributed by atoms with Crippen molar-refractivity contribution in [2.45, 2.75) is 103 Å². The third kappa shape index (κ3) is 4.67. The fourth-order valence-electron chi connectivity index (χ4n) is 6.56. The number of hydrogen-bond donors (Lipinski definition) is 1. The summed E-state index contributed by atoms with van der Waals surface area (Å²) in [5, 5.41) is 15.3. The first kappa shape index (κ1) is 25.6. The van der Waals surface area contributed by atoms with Gasteiger partial charge in [0, 0.05) is 39.0 Å². The third-order valence-corrected chi connectivity index (χ3v) is 11.1. The number of nitriles is 1. The number of carbonyl (C=O) groups is 1. The summed E-state index contributed by atoms with van der Waals surface area (Å²) in [6.45, 7) is 4.22. The highest BCUT2D eigenvalue weighted by Gasteiger charge is 2.28. The number of aliphatic imine (C=N–C) groups is 1. The molecule has 3 aliphatic carbocycles. The van der Waals surface area contributed by atoms with Crippen LogP contribution in [0.3, 0.4) is 0 Å². The third-order valence-electron chi connectivity index (χ3n) is 8.58. The molecule has 0 radical (unpaired) electrons. The predicted molar refractivity (Wildman–Crippen MR) is 157 cm³/mol. The summed E-state index contributed by atoms with van der Waals surface area (Å²) in [6.07, 6.45) is 16.6. The lowest BCUT2D eigenvalue weighted by Gasteiger charge is -2.23. The minimum atomic E-state index is 0.0664. The van der Waals surface area contributed by atoms with E-state index in [1.54, 1.807) is 22.7 Å². The first-order valence-corrected chi connectivity index (χ1v) is 15.9. The van der Waals surface area contributed by atoms with Gasteiger partial charge in [-0.15, -0.1) is 22.7 Å². The van der Waals surface area contributed by atoms with Crippen LogP contribution in [0.5, 0.6) is 0 Å². The zero-order valence-corrected chi connectivity index (χ0v) is 24.1. The van der Waals surface area contributed by atoms with E-state index in [2.05, 4.69) is 35.9 Å². The van der Waals surface area contributed by atoms with Crippen LogP contribution in [0.25, 0.3) is 5.00 Å². The Balaban J connectivity index is 1.34. The van der Waals surface area contributed by atoms with E-state index in [4.69, 9.17) is 4.99 Å². The SMILES string of the molecule is Cc1cc(C=Nc2sc3c(c2C(=O)NC2CCCCC2)CCCC3)c(C)n1-c1sc2c(c1C#N)CCCC2. The van der Waals surface area contributed by atoms with Crippen LogP contribution in [0.1, 0.15) is 112 Å². The first-order valence-electron chi connectivity index (χ1n) is 14.3. The Morgan fingerprint density at radius 1 is 1.00 bits per heavy atom. The van der Waals surface area contributed by atoms with Crippen molar-refractivity contribution < 1.29 is 4.79 Å². The van der Waals surface area contributed by atoms with Crippen molar-refractivity contribution in [2.75, 3.05) is 0 Å². The molecule has 0 spiro atoms. The number of thiophene rings is 2. The van der Waals surface area contributed by atoms with Gasteiger partial charge in [-0.2, -0.15) is 5.26 Å². The van der Waals surface area contributed by atoms with Crippen LogP contribution in [-0.2, 0) is 25.7 Å². The van der Waals surface area contributed by atoms with Gasteiger partial charge in [0.15, 0.2) is 0 Å². The Bertz CT molecular complexity index is 1440. The average Bonchev–Trinajstić information content (AvgIpc) is 3.57. The highest BCUT2D eigenvalue weighted by atomic mass is 32.1. The smallest absolute Gasteiger partial charge is 0.254 e. The van der Waals surface area contributed by atoms with Crippen LogP contribution in [-0.4, -0.2) is 22.7 Å². The van der Waals surface area contributed by atoms with Gasteiger partial charge >= 0.3 is 0 Å². The number of rotatable bonds is 5. The van der Waals surface area contributed by atoms with Crippen molar-refractivity contribution in [2.24, 2.45) is 4.99 Å². The highest BCUT2D eigenvalue weighted by molar-refractivity contribution is 7.16. The van der Waals surface area contributed by atoms with E-state index in [-0.39, 0.29) is 11.9 Å². The van der Waals surface area contributed by atoms with Crippen LogP contribution in [0.2, 0.25) is 0 Å². The zero-order chi connectivity index (χ0) is 26.2. The first-order chi connectivity index (χ1) is 18.5. The van der Waals surface area contributed by atoms with E-state index in [1.165, 1.54) is 59.4 Å². The molecule has 0 aromatic carbocycles. The van der Waals surface area contributed by atoms with Crippen molar-refractivity contribution >= 4 is 39.8 Å². The van der Waals surface area contributed by atoms with Gasteiger partial charge in [0.1, 0.15) is 16.1 Å². The van der Waals surface area contributed by atoms with Crippen molar-refractivity contribution in [1.29, 1.82) is 5.26 Å². The minimum Gasteiger partial charge on any atom is -0.349 e. The van der Waals surface area contributed by atoms with Crippen LogP contribution in [0, 0.1) is 25.2 Å². The Morgan fingerprint density at radius 2 is 1.68 bits per heavy atom. The molecular weight excluding hydrogens is 509 g/mol. The van der Waals surface area contributed by atoms with Gasteiger partial charge in [0.05, 0.1) is 11.1 Å². The summed E-state index contributed by atoms with van der Waals surface area (Å²) in [7, 11) is 0. The maximum absolute atomic E-state index is 13.5. The maximum Gasteiger partial charge on any atom is 0.254 e. The quantitative estimate of drug-likeness (QED) is 0.335. The van der Waals surface area contributed by atoms with E-state index in [0.717, 1.165) is 83.0 Å². The summed E-state index contributed by atoms with van der Waals surface area (Å²) in [5.74, 6) is 0.0664. The lowest BCUT2D eigenvalue weighted by molar-refractivity contribution is 0.0927. The second-order valence-corrected chi connectivity index (χ2v) is 13.3. The van der Waals surface area contributed by atoms with E-state index >= 15 is 0 Å². The summed E-state index contributed by atoms with van der Waals surface area (Å²) in [6, 6.07) is 4.97. The van der Waals surface area contributed by atoms with Gasteiger partial charge in [0.25, 0.3) is 5.91 Å². The van der Waals surface area contributed by atoms with E-state index in [1.807, 2.05) is 6.21 Å². The molecular formula is C31H36N4OS2. The van der Waals surface area contributed by atoms with Crippen LogP contribution in [0.15, 0.2) is 11.1 Å². The number of carbonyl (C=O) groups excluding carboxylic acids is 1. The molecule has 3 aromatic rings. The number of aromatic nitrogens is 1. The van der Waals surface area contributed by atoms with Gasteiger partial charge in [-0.1, -0.05) is 19.3 Å². The van der Waals surface area contributed by atoms with Gasteiger partial charge in [-0.25, -0.2) is 4.99 Å². The number of amides is 1. The molecule has 0 atom stereocenters. The highest BCUT2D eigenvalue weighted by Crippen LogP contribution is 2.41. The molecule has 0 saturated heterocycles. The fraction of sp³-hybridized carbons (Fsp3) is 0.516. The lowest BCUT2D eigenvalue weighted by Crippen LogP contribution is -2.36. The molecule has 6 rings (SSSR count). The Labute approximate surface area is 233 Å². The van der Waals surface area contributed by atoms with Crippen LogP contribution >= 0.6 is 22.7 Å². The molecule has 0 bridgehead atoms. The molecule has 1 N–H and O–H groups in total. The number of hydrogen-bond acceptors (Lipinski definition) is 5. The Morgan fingerprint density at radius 3 is 2.42 bits per heavy atom. The second kappa shape index (κ2) is 10.8. The molecule has 3 aliphatic rings. The summed E-state index contributed by atoms with van der Waals surface area (Å²) < 4.78 is 2.24. The zero-order valence-electron chi connectivity index (χ0n) is 22.5. The number of nitrogens with zero attached hydrogens (tertiary/aromatic N) is 3. The lowest BCUT2D eigenvalue weighted by atomic mass is 9.93. The van der Waals surface area contributed by atoms with Crippen LogP contribution < -0.4 is 5.32 Å². The van der Waals surface area contributed by atoms with E-state index < -0.39 is 0 Å². The van der Waals surface area contributed by atoms with Crippen LogP contribution in [0.4, 0.5) is 5.00 Å². The second-order valence-electron chi connectivity index (χ2n) is 11.1. The van der Waals surface area contributed by atoms with Gasteiger partial charge < -0.3 is 9.88 Å².